The van der Waals surface area contributed by atoms with Crippen molar-refractivity contribution in [3.05, 3.63) is 23.3 Å². The van der Waals surface area contributed by atoms with Gasteiger partial charge in [-0.25, -0.2) is 0 Å². The van der Waals surface area contributed by atoms with E-state index in [9.17, 15) is 0 Å². The monoisotopic (exact) mass is 727 g/mol. The molecule has 0 saturated carbocycles. The van der Waals surface area contributed by atoms with Crippen molar-refractivity contribution < 1.29 is 0 Å². The molecule has 2 heteroatoms. The Hall–Kier alpha value is -0.346. The van der Waals surface area contributed by atoms with Crippen LogP contribution in [0.15, 0.2) is 12.1 Å². The van der Waals surface area contributed by atoms with Crippen LogP contribution in [0.4, 0.5) is 0 Å². The molecule has 1 rings (SSSR count). The van der Waals surface area contributed by atoms with E-state index in [2.05, 4.69) is 67.5 Å². The maximum atomic E-state index is 2.65. The number of hydrogen-bond donors (Lipinski definition) is 0. The van der Waals surface area contributed by atoms with Crippen LogP contribution in [0.5, 0.6) is 0 Å². The van der Waals surface area contributed by atoms with Crippen molar-refractivity contribution in [3.63, 3.8) is 0 Å². The fraction of sp³-hybridized carbons (Fsp3) is 0.875. The number of rotatable bonds is 36. The SMILES string of the molecule is CCCCCCCCCCCCCCCCCC(C)(C)[SiH2]c1cc(C)c([SiH2]C(C)(C)CCCCCCCCCCCCCCCCC)cc1C. The van der Waals surface area contributed by atoms with Gasteiger partial charge in [-0.3, -0.25) is 0 Å². The predicted octanol–water partition coefficient (Wildman–Crippen LogP) is 14.8. The number of unbranched alkanes of at least 4 members (excludes halogenated alkanes) is 28. The Morgan fingerprint density at radius 2 is 0.540 bits per heavy atom. The summed E-state index contributed by atoms with van der Waals surface area (Å²) in [6.45, 7) is 19.8. The molecule has 50 heavy (non-hydrogen) atoms. The molecule has 294 valence electrons. The summed E-state index contributed by atoms with van der Waals surface area (Å²) in [6.07, 6.45) is 46.6. The predicted molar refractivity (Wildman–Crippen MR) is 239 cm³/mol. The zero-order valence-electron chi connectivity index (χ0n) is 36.2. The quantitative estimate of drug-likeness (QED) is 0.0477. The summed E-state index contributed by atoms with van der Waals surface area (Å²) in [4.78, 5) is 0. The van der Waals surface area contributed by atoms with E-state index in [-0.39, 0.29) is 19.0 Å². The van der Waals surface area contributed by atoms with Gasteiger partial charge in [-0.2, -0.15) is 0 Å². The van der Waals surface area contributed by atoms with Crippen molar-refractivity contribution in [2.45, 2.75) is 271 Å². The molecule has 0 amide bonds. The average molecular weight is 727 g/mol. The highest BCUT2D eigenvalue weighted by Crippen LogP contribution is 2.32. The van der Waals surface area contributed by atoms with E-state index in [1.807, 2.05) is 0 Å². The highest BCUT2D eigenvalue weighted by molar-refractivity contribution is 6.59. The lowest BCUT2D eigenvalue weighted by Gasteiger charge is -2.28. The molecule has 0 saturated heterocycles. The van der Waals surface area contributed by atoms with Crippen molar-refractivity contribution in [1.82, 2.24) is 0 Å². The second-order valence-electron chi connectivity index (χ2n) is 18.8. The van der Waals surface area contributed by atoms with E-state index in [0.29, 0.717) is 10.1 Å². The zero-order valence-corrected chi connectivity index (χ0v) is 39.0. The van der Waals surface area contributed by atoms with Crippen molar-refractivity contribution in [1.29, 1.82) is 0 Å². The van der Waals surface area contributed by atoms with Crippen molar-refractivity contribution in [3.8, 4) is 0 Å². The van der Waals surface area contributed by atoms with Gasteiger partial charge in [0.2, 0.25) is 0 Å². The van der Waals surface area contributed by atoms with Gasteiger partial charge in [0.15, 0.2) is 0 Å². The van der Waals surface area contributed by atoms with Crippen LogP contribution in [-0.4, -0.2) is 19.0 Å². The summed E-state index contributed by atoms with van der Waals surface area (Å²) in [5.74, 6) is 0. The van der Waals surface area contributed by atoms with Crippen LogP contribution in [0.2, 0.25) is 10.1 Å². The molecule has 0 aliphatic heterocycles. The van der Waals surface area contributed by atoms with Crippen molar-refractivity contribution in [2.75, 3.05) is 0 Å². The van der Waals surface area contributed by atoms with Crippen molar-refractivity contribution in [2.24, 2.45) is 0 Å². The van der Waals surface area contributed by atoms with Gasteiger partial charge in [0.25, 0.3) is 0 Å². The topological polar surface area (TPSA) is 0 Å². The Labute approximate surface area is 322 Å². The minimum atomic E-state index is -0.276. The van der Waals surface area contributed by atoms with Crippen LogP contribution in [-0.2, 0) is 0 Å². The van der Waals surface area contributed by atoms with Crippen LogP contribution in [0.25, 0.3) is 0 Å². The minimum absolute atomic E-state index is 0.276. The minimum Gasteiger partial charge on any atom is -0.0654 e. The fourth-order valence-electron chi connectivity index (χ4n) is 8.47. The first kappa shape index (κ1) is 47.7. The van der Waals surface area contributed by atoms with Gasteiger partial charge in [0.1, 0.15) is 0 Å². The molecule has 1 aromatic carbocycles. The summed E-state index contributed by atoms with van der Waals surface area (Å²) in [5.41, 5.74) is 3.24. The molecule has 0 fully saturated rings. The maximum Gasteiger partial charge on any atom is 0.0607 e. The molecule has 0 heterocycles. The second-order valence-corrected chi connectivity index (χ2v) is 24.8. The summed E-state index contributed by atoms with van der Waals surface area (Å²) < 4.78 is 0. The van der Waals surface area contributed by atoms with Crippen molar-refractivity contribution >= 4 is 29.4 Å². The summed E-state index contributed by atoms with van der Waals surface area (Å²) in [5, 5.41) is 4.59. The Kier molecular flexibility index (Phi) is 29.6. The number of benzene rings is 1. The summed E-state index contributed by atoms with van der Waals surface area (Å²) in [7, 11) is -0.553. The number of aryl methyl sites for hydroxylation is 2. The lowest BCUT2D eigenvalue weighted by atomic mass is 10.0. The summed E-state index contributed by atoms with van der Waals surface area (Å²) >= 11 is 0. The lowest BCUT2D eigenvalue weighted by Crippen LogP contribution is -2.34. The second kappa shape index (κ2) is 31.0. The molecule has 0 unspecified atom stereocenters. The molecule has 0 N–H and O–H groups in total. The molecule has 0 spiro atoms. The molecule has 0 bridgehead atoms. The lowest BCUT2D eigenvalue weighted by molar-refractivity contribution is 0.509. The first-order valence-electron chi connectivity index (χ1n) is 23.2. The molecule has 0 aliphatic rings. The van der Waals surface area contributed by atoms with E-state index < -0.39 is 0 Å². The van der Waals surface area contributed by atoms with E-state index in [4.69, 9.17) is 0 Å². The molecule has 0 aromatic heterocycles. The van der Waals surface area contributed by atoms with E-state index in [0.717, 1.165) is 0 Å². The number of hydrogen-bond acceptors (Lipinski definition) is 0. The first-order valence-corrected chi connectivity index (χ1v) is 26.0. The standard InChI is InChI=1S/C48H94Si2/c1-9-11-13-15-17-19-21-23-25-27-29-31-33-35-37-39-47(5,6)49-45-41-44(4)46(42-43(45)3)50-48(7,8)40-38-36-34-32-30-28-26-24-22-20-18-16-14-12-10-2/h41-42H,9-40,49-50H2,1-8H3. The van der Waals surface area contributed by atoms with E-state index >= 15 is 0 Å². The zero-order chi connectivity index (χ0) is 36.8. The van der Waals surface area contributed by atoms with Gasteiger partial charge in [-0.1, -0.05) is 281 Å². The van der Waals surface area contributed by atoms with Gasteiger partial charge in [0, 0.05) is 0 Å². The summed E-state index contributed by atoms with van der Waals surface area (Å²) in [6, 6.07) is 5.31. The molecule has 0 radical (unpaired) electrons. The molecule has 0 aliphatic carbocycles. The van der Waals surface area contributed by atoms with Gasteiger partial charge in [-0.05, 0) is 23.9 Å². The van der Waals surface area contributed by atoms with Gasteiger partial charge < -0.3 is 0 Å². The van der Waals surface area contributed by atoms with Crippen LogP contribution >= 0.6 is 0 Å². The van der Waals surface area contributed by atoms with E-state index in [1.54, 1.807) is 21.5 Å². The fourth-order valence-corrected chi connectivity index (χ4v) is 13.0. The van der Waals surface area contributed by atoms with Crippen LogP contribution in [0.3, 0.4) is 0 Å². The van der Waals surface area contributed by atoms with Gasteiger partial charge in [-0.15, -0.1) is 0 Å². The largest absolute Gasteiger partial charge is 0.0654 e. The van der Waals surface area contributed by atoms with Crippen LogP contribution < -0.4 is 10.4 Å². The van der Waals surface area contributed by atoms with E-state index in [1.165, 1.54) is 205 Å². The van der Waals surface area contributed by atoms with Crippen LogP contribution in [0, 0.1) is 13.8 Å². The van der Waals surface area contributed by atoms with Crippen LogP contribution in [0.1, 0.15) is 258 Å². The molecular weight excluding hydrogens is 633 g/mol. The Balaban J connectivity index is 2.18. The molecule has 1 aromatic rings. The van der Waals surface area contributed by atoms with Gasteiger partial charge in [0.05, 0.1) is 19.0 Å². The molecule has 0 atom stereocenters. The molecular formula is C48H94Si2. The Bertz CT molecular complexity index is 826. The smallest absolute Gasteiger partial charge is 0.0607 e. The highest BCUT2D eigenvalue weighted by Gasteiger charge is 2.23. The first-order chi connectivity index (χ1) is 24.1. The van der Waals surface area contributed by atoms with Gasteiger partial charge >= 0.3 is 0 Å². The third-order valence-electron chi connectivity index (χ3n) is 12.0. The molecule has 0 nitrogen and oxygen atoms in total. The Morgan fingerprint density at radius 3 is 0.760 bits per heavy atom. The third kappa shape index (κ3) is 27.3. The Morgan fingerprint density at radius 1 is 0.340 bits per heavy atom. The normalized spacial score (nSPS) is 12.8. The highest BCUT2D eigenvalue weighted by atomic mass is 28.2. The maximum absolute atomic E-state index is 2.65. The third-order valence-corrected chi connectivity index (χ3v) is 17.0. The average Bonchev–Trinajstić information content (AvgIpc) is 3.06.